The van der Waals surface area contributed by atoms with Crippen LogP contribution in [0.1, 0.15) is 20.9 Å². The number of benzene rings is 2. The zero-order chi connectivity index (χ0) is 24.3. The number of para-hydroxylation sites is 1. The lowest BCUT2D eigenvalue weighted by Gasteiger charge is -2.36. The van der Waals surface area contributed by atoms with Crippen molar-refractivity contribution >= 4 is 54.9 Å². The molecule has 0 radical (unpaired) electrons. The number of aromatic carboxylic acids is 1. The molecule has 176 valence electrons. The predicted octanol–water partition coefficient (Wildman–Crippen LogP) is 4.06. The summed E-state index contributed by atoms with van der Waals surface area (Å²) in [7, 11) is 0. The van der Waals surface area contributed by atoms with E-state index in [0.717, 1.165) is 4.70 Å². The van der Waals surface area contributed by atoms with Gasteiger partial charge in [-0.15, -0.1) is 11.3 Å². The standard InChI is InChI=1S/C25H18FN3O5S/c26-15-13-17-14(12-18(15)27-7-9-28(10-8-27)23(31)19-5-3-11-34-19)22(30)21(25(32)33)24-29(17)16-4-1-2-6-20(16)35-24/h1-6,11-13H,7-10H2,(H,32,33). The van der Waals surface area contributed by atoms with Crippen LogP contribution in [0.3, 0.4) is 0 Å². The maximum atomic E-state index is 15.4. The van der Waals surface area contributed by atoms with E-state index in [1.165, 1.54) is 29.7 Å². The number of hydrogen-bond donors (Lipinski definition) is 1. The van der Waals surface area contributed by atoms with E-state index in [2.05, 4.69) is 0 Å². The summed E-state index contributed by atoms with van der Waals surface area (Å²) in [6.07, 6.45) is 1.44. The molecule has 0 bridgehead atoms. The molecule has 1 N–H and O–H groups in total. The number of nitrogens with zero attached hydrogens (tertiary/aromatic N) is 3. The molecule has 5 aromatic rings. The summed E-state index contributed by atoms with van der Waals surface area (Å²) in [5, 5.41) is 9.98. The van der Waals surface area contributed by atoms with Crippen LogP contribution in [0.4, 0.5) is 10.1 Å². The van der Waals surface area contributed by atoms with Crippen LogP contribution in [0.15, 0.2) is 64.0 Å². The van der Waals surface area contributed by atoms with Gasteiger partial charge in [-0.25, -0.2) is 9.18 Å². The van der Waals surface area contributed by atoms with E-state index in [4.69, 9.17) is 4.42 Å². The normalized spacial score (nSPS) is 14.3. The van der Waals surface area contributed by atoms with Gasteiger partial charge in [0.15, 0.2) is 5.76 Å². The van der Waals surface area contributed by atoms with Crippen LogP contribution in [0.25, 0.3) is 25.9 Å². The number of furan rings is 1. The second-order valence-corrected chi connectivity index (χ2v) is 9.33. The summed E-state index contributed by atoms with van der Waals surface area (Å²) in [4.78, 5) is 41.6. The molecule has 0 unspecified atom stereocenters. The Bertz CT molecular complexity index is 1700. The van der Waals surface area contributed by atoms with Crippen molar-refractivity contribution in [2.45, 2.75) is 0 Å². The lowest BCUT2D eigenvalue weighted by atomic mass is 10.1. The van der Waals surface area contributed by atoms with Crippen molar-refractivity contribution in [1.82, 2.24) is 9.30 Å². The van der Waals surface area contributed by atoms with Crippen LogP contribution < -0.4 is 10.3 Å². The van der Waals surface area contributed by atoms with Crippen molar-refractivity contribution in [3.8, 4) is 0 Å². The summed E-state index contributed by atoms with van der Waals surface area (Å²) >= 11 is 1.19. The van der Waals surface area contributed by atoms with Gasteiger partial charge >= 0.3 is 5.97 Å². The van der Waals surface area contributed by atoms with E-state index in [-0.39, 0.29) is 33.1 Å². The molecule has 0 saturated carbocycles. The third kappa shape index (κ3) is 3.28. The van der Waals surface area contributed by atoms with Crippen LogP contribution >= 0.6 is 11.3 Å². The molecule has 0 atom stereocenters. The highest BCUT2D eigenvalue weighted by atomic mass is 32.1. The maximum Gasteiger partial charge on any atom is 0.342 e. The largest absolute Gasteiger partial charge is 0.477 e. The average Bonchev–Trinajstić information content (AvgIpc) is 3.52. The smallest absolute Gasteiger partial charge is 0.342 e. The number of rotatable bonds is 3. The molecule has 1 saturated heterocycles. The molecule has 0 aliphatic carbocycles. The molecule has 0 spiro atoms. The highest BCUT2D eigenvalue weighted by Crippen LogP contribution is 2.33. The van der Waals surface area contributed by atoms with Crippen molar-refractivity contribution in [2.24, 2.45) is 0 Å². The van der Waals surface area contributed by atoms with Gasteiger partial charge in [0.25, 0.3) is 5.91 Å². The van der Waals surface area contributed by atoms with Gasteiger partial charge in [0.2, 0.25) is 5.43 Å². The molecule has 3 aromatic heterocycles. The fraction of sp³-hybridized carbons (Fsp3) is 0.160. The average molecular weight is 492 g/mol. The molecular weight excluding hydrogens is 473 g/mol. The molecule has 35 heavy (non-hydrogen) atoms. The van der Waals surface area contributed by atoms with Gasteiger partial charge < -0.3 is 19.3 Å². The summed E-state index contributed by atoms with van der Waals surface area (Å²) in [6.45, 7) is 1.41. The minimum absolute atomic E-state index is 0.133. The summed E-state index contributed by atoms with van der Waals surface area (Å²) in [6, 6.07) is 13.3. The first-order valence-electron chi connectivity index (χ1n) is 10.9. The minimum Gasteiger partial charge on any atom is -0.477 e. The monoisotopic (exact) mass is 491 g/mol. The van der Waals surface area contributed by atoms with E-state index >= 15 is 4.39 Å². The maximum absolute atomic E-state index is 15.4. The first-order valence-corrected chi connectivity index (χ1v) is 11.8. The van der Waals surface area contributed by atoms with E-state index in [0.29, 0.717) is 37.2 Å². The van der Waals surface area contributed by atoms with Crippen LogP contribution in [-0.4, -0.2) is 52.5 Å². The second kappa shape index (κ2) is 7.95. The molecule has 4 heterocycles. The number of carboxylic acid groups (broad SMARTS) is 1. The second-order valence-electron chi connectivity index (χ2n) is 8.30. The van der Waals surface area contributed by atoms with Gasteiger partial charge in [-0.2, -0.15) is 0 Å². The topological polar surface area (TPSA) is 95.5 Å². The van der Waals surface area contributed by atoms with E-state index in [1.807, 2.05) is 24.3 Å². The third-order valence-corrected chi connectivity index (χ3v) is 7.51. The van der Waals surface area contributed by atoms with E-state index in [9.17, 15) is 19.5 Å². The first kappa shape index (κ1) is 21.4. The molecule has 2 aromatic carbocycles. The molecule has 1 aliphatic heterocycles. The van der Waals surface area contributed by atoms with Crippen molar-refractivity contribution < 1.29 is 23.5 Å². The Morgan fingerprint density at radius 1 is 1.00 bits per heavy atom. The third-order valence-electron chi connectivity index (χ3n) is 6.36. The van der Waals surface area contributed by atoms with E-state index in [1.54, 1.807) is 26.3 Å². The number of pyridine rings is 1. The quantitative estimate of drug-likeness (QED) is 0.409. The molecule has 10 heteroatoms. The highest BCUT2D eigenvalue weighted by molar-refractivity contribution is 7.24. The number of halogens is 1. The van der Waals surface area contributed by atoms with Gasteiger partial charge in [-0.1, -0.05) is 12.1 Å². The SMILES string of the molecule is O=C(O)c1c(=O)c2cc(N3CCN(C(=O)c4ccco4)CC3)c(F)cc2n2c1sc1ccccc12. The van der Waals surface area contributed by atoms with Crippen molar-refractivity contribution in [1.29, 1.82) is 0 Å². The van der Waals surface area contributed by atoms with Crippen molar-refractivity contribution in [2.75, 3.05) is 31.1 Å². The van der Waals surface area contributed by atoms with Crippen LogP contribution in [0.5, 0.6) is 0 Å². The Labute approximate surface area is 201 Å². The van der Waals surface area contributed by atoms with Gasteiger partial charge in [-0.3, -0.25) is 14.0 Å². The number of aromatic nitrogens is 1. The number of thiazole rings is 1. The Morgan fingerprint density at radius 2 is 1.77 bits per heavy atom. The van der Waals surface area contributed by atoms with Gasteiger partial charge in [0, 0.05) is 37.6 Å². The number of piperazine rings is 1. The zero-order valence-electron chi connectivity index (χ0n) is 18.2. The van der Waals surface area contributed by atoms with Crippen molar-refractivity contribution in [3.05, 3.63) is 82.2 Å². The molecule has 1 fully saturated rings. The first-order chi connectivity index (χ1) is 16.9. The molecule has 6 rings (SSSR count). The van der Waals surface area contributed by atoms with Gasteiger partial charge in [0.1, 0.15) is 16.2 Å². The predicted molar refractivity (Wildman–Crippen MR) is 130 cm³/mol. The van der Waals surface area contributed by atoms with E-state index < -0.39 is 17.2 Å². The Hall–Kier alpha value is -4.18. The fourth-order valence-corrected chi connectivity index (χ4v) is 5.87. The molecular formula is C25H18FN3O5S. The Balaban J connectivity index is 1.45. The summed E-state index contributed by atoms with van der Waals surface area (Å²) in [5.41, 5.74) is 0.255. The lowest BCUT2D eigenvalue weighted by Crippen LogP contribution is -2.49. The summed E-state index contributed by atoms with van der Waals surface area (Å²) in [5.74, 6) is -1.83. The number of hydrogen-bond acceptors (Lipinski definition) is 6. The number of carbonyl (C=O) groups excluding carboxylic acids is 1. The number of anilines is 1. The van der Waals surface area contributed by atoms with Crippen LogP contribution in [-0.2, 0) is 0 Å². The lowest BCUT2D eigenvalue weighted by molar-refractivity contribution is 0.0694. The van der Waals surface area contributed by atoms with Crippen LogP contribution in [0, 0.1) is 5.82 Å². The number of carboxylic acids is 1. The van der Waals surface area contributed by atoms with Gasteiger partial charge in [0.05, 0.1) is 27.7 Å². The fourth-order valence-electron chi connectivity index (χ4n) is 4.68. The number of amides is 1. The molecule has 1 aliphatic rings. The summed E-state index contributed by atoms with van der Waals surface area (Å²) < 4.78 is 23.1. The highest BCUT2D eigenvalue weighted by Gasteiger charge is 2.27. The van der Waals surface area contributed by atoms with Crippen molar-refractivity contribution in [3.63, 3.8) is 0 Å². The molecule has 8 nitrogen and oxygen atoms in total. The number of fused-ring (bicyclic) bond motifs is 5. The molecule has 1 amide bonds. The van der Waals surface area contributed by atoms with Crippen LogP contribution in [0.2, 0.25) is 0 Å². The zero-order valence-corrected chi connectivity index (χ0v) is 19.0. The van der Waals surface area contributed by atoms with Gasteiger partial charge in [-0.05, 0) is 30.3 Å². The number of carbonyl (C=O) groups is 2. The minimum atomic E-state index is -1.32. The Kier molecular flexibility index (Phi) is 4.85. The Morgan fingerprint density at radius 3 is 2.49 bits per heavy atom.